The van der Waals surface area contributed by atoms with Crippen LogP contribution in [0.15, 0.2) is 18.2 Å². The van der Waals surface area contributed by atoms with Crippen molar-refractivity contribution in [2.45, 2.75) is 37.8 Å². The summed E-state index contributed by atoms with van der Waals surface area (Å²) in [6, 6.07) is 3.67. The fourth-order valence-electron chi connectivity index (χ4n) is 2.60. The second kappa shape index (κ2) is 6.27. The second-order valence-corrected chi connectivity index (χ2v) is 4.84. The molecule has 102 valence electrons. The van der Waals surface area contributed by atoms with E-state index in [-0.39, 0.29) is 29.8 Å². The summed E-state index contributed by atoms with van der Waals surface area (Å²) in [7, 11) is 0. The van der Waals surface area contributed by atoms with E-state index in [0.717, 1.165) is 25.7 Å². The van der Waals surface area contributed by atoms with Crippen LogP contribution in [0.5, 0.6) is 11.5 Å². The number of halogens is 1. The van der Waals surface area contributed by atoms with Gasteiger partial charge < -0.3 is 21.1 Å². The minimum Gasteiger partial charge on any atom is -0.508 e. The zero-order chi connectivity index (χ0) is 12.4. The maximum atomic E-state index is 10.2. The van der Waals surface area contributed by atoms with Crippen molar-refractivity contribution in [3.8, 4) is 11.5 Å². The van der Waals surface area contributed by atoms with E-state index in [9.17, 15) is 15.3 Å². The van der Waals surface area contributed by atoms with Crippen molar-refractivity contribution in [3.05, 3.63) is 23.8 Å². The number of hydrogen-bond donors (Lipinski definition) is 4. The van der Waals surface area contributed by atoms with Crippen molar-refractivity contribution in [1.82, 2.24) is 0 Å². The van der Waals surface area contributed by atoms with Gasteiger partial charge in [0.2, 0.25) is 0 Å². The number of aromatic hydroxyl groups is 2. The molecular weight excluding hydrogens is 254 g/mol. The molecule has 0 amide bonds. The highest BCUT2D eigenvalue weighted by molar-refractivity contribution is 5.85. The molecule has 2 rings (SSSR count). The molecule has 1 saturated carbocycles. The van der Waals surface area contributed by atoms with Gasteiger partial charge in [-0.2, -0.15) is 0 Å². The molecule has 0 aromatic heterocycles. The van der Waals surface area contributed by atoms with Crippen LogP contribution < -0.4 is 5.73 Å². The molecule has 1 aromatic carbocycles. The Morgan fingerprint density at radius 2 is 1.56 bits per heavy atom. The number of hydrogen-bond acceptors (Lipinski definition) is 4. The van der Waals surface area contributed by atoms with Gasteiger partial charge in [-0.15, -0.1) is 12.4 Å². The molecule has 18 heavy (non-hydrogen) atoms. The van der Waals surface area contributed by atoms with Crippen LogP contribution in [0, 0.1) is 5.92 Å². The minimum absolute atomic E-state index is 0. The number of benzene rings is 1. The third-order valence-electron chi connectivity index (χ3n) is 3.56. The Bertz CT molecular complexity index is 374. The Labute approximate surface area is 113 Å². The molecule has 5 heteroatoms. The highest BCUT2D eigenvalue weighted by atomic mass is 35.5. The zero-order valence-corrected chi connectivity index (χ0v) is 10.9. The monoisotopic (exact) mass is 273 g/mol. The predicted octanol–water partition coefficient (Wildman–Crippen LogP) is 2.07. The van der Waals surface area contributed by atoms with Gasteiger partial charge in [0.05, 0.1) is 12.1 Å². The van der Waals surface area contributed by atoms with Crippen LogP contribution in [0.1, 0.15) is 37.3 Å². The molecule has 1 aliphatic carbocycles. The summed E-state index contributed by atoms with van der Waals surface area (Å²) in [6.07, 6.45) is 3.66. The van der Waals surface area contributed by atoms with Gasteiger partial charge in [-0.1, -0.05) is 12.8 Å². The highest BCUT2D eigenvalue weighted by Gasteiger charge is 2.29. The van der Waals surface area contributed by atoms with Crippen molar-refractivity contribution in [3.63, 3.8) is 0 Å². The lowest BCUT2D eigenvalue weighted by Crippen LogP contribution is -2.31. The van der Waals surface area contributed by atoms with E-state index in [4.69, 9.17) is 5.73 Å². The van der Waals surface area contributed by atoms with Crippen LogP contribution in [0.2, 0.25) is 0 Å². The fourth-order valence-corrected chi connectivity index (χ4v) is 2.60. The number of aliphatic hydroxyl groups excluding tert-OH is 1. The fraction of sp³-hybridized carbons (Fsp3) is 0.538. The summed E-state index contributed by atoms with van der Waals surface area (Å²) in [5.74, 6) is 0.164. The van der Waals surface area contributed by atoms with E-state index in [0.29, 0.717) is 5.56 Å². The molecule has 0 spiro atoms. The Morgan fingerprint density at radius 3 is 2.06 bits per heavy atom. The quantitative estimate of drug-likeness (QED) is 0.679. The van der Waals surface area contributed by atoms with Gasteiger partial charge in [0.15, 0.2) is 0 Å². The van der Waals surface area contributed by atoms with E-state index in [1.807, 2.05) is 0 Å². The Morgan fingerprint density at radius 1 is 1.06 bits per heavy atom. The molecule has 1 aromatic rings. The summed E-state index contributed by atoms with van der Waals surface area (Å²) in [5.41, 5.74) is 6.56. The van der Waals surface area contributed by atoms with Gasteiger partial charge in [-0.25, -0.2) is 0 Å². The SMILES string of the molecule is Cl.N[C@@H](c1cc(O)cc(O)c1)[C@H](O)C1CCCC1. The van der Waals surface area contributed by atoms with Crippen molar-refractivity contribution < 1.29 is 15.3 Å². The second-order valence-electron chi connectivity index (χ2n) is 4.84. The number of phenols is 2. The van der Waals surface area contributed by atoms with Crippen LogP contribution in [0.25, 0.3) is 0 Å². The lowest BCUT2D eigenvalue weighted by atomic mass is 9.91. The van der Waals surface area contributed by atoms with Gasteiger partial charge >= 0.3 is 0 Å². The van der Waals surface area contributed by atoms with Crippen molar-refractivity contribution in [2.75, 3.05) is 0 Å². The third kappa shape index (κ3) is 3.28. The molecule has 1 fully saturated rings. The van der Waals surface area contributed by atoms with Crippen LogP contribution >= 0.6 is 12.4 Å². The van der Waals surface area contributed by atoms with E-state index >= 15 is 0 Å². The Balaban J connectivity index is 0.00000162. The number of aliphatic hydroxyl groups is 1. The van der Waals surface area contributed by atoms with Crippen LogP contribution in [0.3, 0.4) is 0 Å². The average Bonchev–Trinajstić information content (AvgIpc) is 2.79. The van der Waals surface area contributed by atoms with E-state index in [1.165, 1.54) is 18.2 Å². The summed E-state index contributed by atoms with van der Waals surface area (Å²) in [6.45, 7) is 0. The molecule has 4 nitrogen and oxygen atoms in total. The molecule has 0 heterocycles. The Kier molecular flexibility index (Phi) is 5.26. The lowest BCUT2D eigenvalue weighted by Gasteiger charge is -2.24. The topological polar surface area (TPSA) is 86.7 Å². The summed E-state index contributed by atoms with van der Waals surface area (Å²) >= 11 is 0. The summed E-state index contributed by atoms with van der Waals surface area (Å²) in [5, 5.41) is 28.9. The van der Waals surface area contributed by atoms with Crippen molar-refractivity contribution in [1.29, 1.82) is 0 Å². The molecule has 0 unspecified atom stereocenters. The lowest BCUT2D eigenvalue weighted by molar-refractivity contribution is 0.0844. The van der Waals surface area contributed by atoms with E-state index < -0.39 is 12.1 Å². The minimum atomic E-state index is -0.612. The van der Waals surface area contributed by atoms with Gasteiger partial charge in [0.25, 0.3) is 0 Å². The normalized spacial score (nSPS) is 19.2. The smallest absolute Gasteiger partial charge is 0.119 e. The molecule has 0 saturated heterocycles. The van der Waals surface area contributed by atoms with Crippen LogP contribution in [-0.2, 0) is 0 Å². The van der Waals surface area contributed by atoms with Crippen molar-refractivity contribution in [2.24, 2.45) is 11.7 Å². The first-order chi connectivity index (χ1) is 8.08. The van der Waals surface area contributed by atoms with Crippen LogP contribution in [0.4, 0.5) is 0 Å². The van der Waals surface area contributed by atoms with Gasteiger partial charge in [0.1, 0.15) is 11.5 Å². The summed E-state index contributed by atoms with van der Waals surface area (Å²) in [4.78, 5) is 0. The maximum absolute atomic E-state index is 10.2. The van der Waals surface area contributed by atoms with E-state index in [2.05, 4.69) is 0 Å². The molecule has 1 aliphatic rings. The largest absolute Gasteiger partial charge is 0.508 e. The molecule has 2 atom stereocenters. The molecule has 0 radical (unpaired) electrons. The van der Waals surface area contributed by atoms with Gasteiger partial charge in [-0.05, 0) is 36.5 Å². The Hall–Kier alpha value is -0.970. The van der Waals surface area contributed by atoms with Gasteiger partial charge in [-0.3, -0.25) is 0 Å². The molecular formula is C13H20ClNO3. The van der Waals surface area contributed by atoms with E-state index in [1.54, 1.807) is 0 Å². The molecule has 0 aliphatic heterocycles. The molecule has 5 N–H and O–H groups in total. The first-order valence-electron chi connectivity index (χ1n) is 6.04. The number of rotatable bonds is 3. The van der Waals surface area contributed by atoms with Gasteiger partial charge in [0, 0.05) is 6.07 Å². The standard InChI is InChI=1S/C13H19NO3.ClH/c14-12(13(17)8-3-1-2-4-8)9-5-10(15)7-11(16)6-9;/h5-8,12-13,15-17H,1-4,14H2;1H/t12-,13+;/m0./s1. The predicted molar refractivity (Wildman–Crippen MR) is 71.9 cm³/mol. The van der Waals surface area contributed by atoms with Crippen LogP contribution in [-0.4, -0.2) is 21.4 Å². The zero-order valence-electron chi connectivity index (χ0n) is 10.1. The molecule has 0 bridgehead atoms. The first kappa shape index (κ1) is 15.1. The maximum Gasteiger partial charge on any atom is 0.119 e. The average molecular weight is 274 g/mol. The summed E-state index contributed by atoms with van der Waals surface area (Å²) < 4.78 is 0. The number of phenolic OH excluding ortho intramolecular Hbond substituents is 2. The highest BCUT2D eigenvalue weighted by Crippen LogP contribution is 2.34. The third-order valence-corrected chi connectivity index (χ3v) is 3.56. The first-order valence-corrected chi connectivity index (χ1v) is 6.04. The number of nitrogens with two attached hydrogens (primary N) is 1. The van der Waals surface area contributed by atoms with Crippen molar-refractivity contribution >= 4 is 12.4 Å².